The number of aromatic hydroxyl groups is 1. The lowest BCUT2D eigenvalue weighted by Gasteiger charge is -2.13. The lowest BCUT2D eigenvalue weighted by Crippen LogP contribution is -2.29. The van der Waals surface area contributed by atoms with Crippen molar-refractivity contribution < 1.29 is 19.8 Å². The summed E-state index contributed by atoms with van der Waals surface area (Å²) in [6.45, 7) is 3.87. The summed E-state index contributed by atoms with van der Waals surface area (Å²) in [5.41, 5.74) is 0.659. The number of carboxylic acids is 1. The summed E-state index contributed by atoms with van der Waals surface area (Å²) in [4.78, 5) is 30.4. The van der Waals surface area contributed by atoms with Gasteiger partial charge in [0.05, 0.1) is 16.2 Å². The van der Waals surface area contributed by atoms with Crippen LogP contribution in [0.15, 0.2) is 65.0 Å². The molecule has 2 aromatic rings. The second-order valence-corrected chi connectivity index (χ2v) is 7.15. The van der Waals surface area contributed by atoms with E-state index in [0.717, 1.165) is 17.8 Å². The molecule has 0 atom stereocenters. The first-order chi connectivity index (χ1) is 13.4. The number of carbonyl (C=O) groups is 2. The average Bonchev–Trinajstić information content (AvgIpc) is 2.94. The number of halogens is 1. The first-order valence-corrected chi connectivity index (χ1v) is 9.32. The van der Waals surface area contributed by atoms with E-state index in [1.165, 1.54) is 17.0 Å². The third kappa shape index (κ3) is 4.11. The number of amidine groups is 1. The Bertz CT molecular complexity index is 1030. The summed E-state index contributed by atoms with van der Waals surface area (Å²) in [6, 6.07) is 11.0. The molecule has 1 aliphatic heterocycles. The van der Waals surface area contributed by atoms with Gasteiger partial charge in [0.2, 0.25) is 0 Å². The molecule has 1 heterocycles. The third-order valence-corrected chi connectivity index (χ3v) is 5.17. The molecule has 0 unspecified atom stereocenters. The molecule has 0 aromatic heterocycles. The van der Waals surface area contributed by atoms with Crippen molar-refractivity contribution in [3.8, 4) is 5.75 Å². The molecule has 0 bridgehead atoms. The van der Waals surface area contributed by atoms with Gasteiger partial charge in [0.15, 0.2) is 5.17 Å². The van der Waals surface area contributed by atoms with Crippen molar-refractivity contribution in [1.82, 2.24) is 4.90 Å². The zero-order valence-electron chi connectivity index (χ0n) is 14.5. The number of hydrogen-bond donors (Lipinski definition) is 2. The molecule has 6 nitrogen and oxygen atoms in total. The maximum absolute atomic E-state index is 12.8. The summed E-state index contributed by atoms with van der Waals surface area (Å²) in [5, 5.41) is 19.7. The number of thioether (sulfide) groups is 1. The molecule has 1 fully saturated rings. The van der Waals surface area contributed by atoms with Crippen molar-refractivity contribution >= 4 is 52.2 Å². The largest absolute Gasteiger partial charge is 0.508 e. The van der Waals surface area contributed by atoms with Crippen LogP contribution in [-0.4, -0.2) is 38.7 Å². The highest BCUT2D eigenvalue weighted by atomic mass is 35.5. The van der Waals surface area contributed by atoms with E-state index in [2.05, 4.69) is 11.6 Å². The highest BCUT2D eigenvalue weighted by Gasteiger charge is 2.33. The van der Waals surface area contributed by atoms with Crippen LogP contribution in [0.4, 0.5) is 5.69 Å². The molecule has 3 rings (SSSR count). The molecular weight excluding hydrogens is 400 g/mol. The maximum Gasteiger partial charge on any atom is 0.338 e. The highest BCUT2D eigenvalue weighted by molar-refractivity contribution is 8.18. The Morgan fingerprint density at radius 3 is 2.71 bits per heavy atom. The molecule has 2 aromatic carbocycles. The third-order valence-electron chi connectivity index (χ3n) is 3.82. The van der Waals surface area contributed by atoms with Gasteiger partial charge in [0, 0.05) is 11.6 Å². The van der Waals surface area contributed by atoms with Gasteiger partial charge in [0.25, 0.3) is 5.91 Å². The van der Waals surface area contributed by atoms with Gasteiger partial charge in [0.1, 0.15) is 5.75 Å². The second-order valence-electron chi connectivity index (χ2n) is 5.74. The molecule has 1 amide bonds. The predicted octanol–water partition coefficient (Wildman–Crippen LogP) is 4.53. The van der Waals surface area contributed by atoms with Crippen LogP contribution < -0.4 is 0 Å². The number of phenolic OH excluding ortho intramolecular Hbond substituents is 1. The number of phenols is 1. The van der Waals surface area contributed by atoms with E-state index in [1.54, 1.807) is 30.4 Å². The quantitative estimate of drug-likeness (QED) is 0.554. The summed E-state index contributed by atoms with van der Waals surface area (Å²) in [5.74, 6) is -1.69. The van der Waals surface area contributed by atoms with Crippen molar-refractivity contribution in [1.29, 1.82) is 0 Å². The van der Waals surface area contributed by atoms with Crippen LogP contribution in [0.2, 0.25) is 5.02 Å². The normalized spacial score (nSPS) is 16.8. The molecule has 0 saturated carbocycles. The Balaban J connectivity index is 2.05. The molecule has 8 heteroatoms. The smallest absolute Gasteiger partial charge is 0.338 e. The van der Waals surface area contributed by atoms with Crippen LogP contribution in [0.25, 0.3) is 6.08 Å². The molecule has 1 saturated heterocycles. The minimum absolute atomic E-state index is 0.133. The van der Waals surface area contributed by atoms with E-state index >= 15 is 0 Å². The fraction of sp³-hybridized carbons (Fsp3) is 0.0500. The minimum atomic E-state index is -1.23. The second kappa shape index (κ2) is 8.33. The van der Waals surface area contributed by atoms with Gasteiger partial charge < -0.3 is 10.2 Å². The number of nitrogens with zero attached hydrogens (tertiary/aromatic N) is 2. The van der Waals surface area contributed by atoms with Gasteiger partial charge >= 0.3 is 5.97 Å². The fourth-order valence-electron chi connectivity index (χ4n) is 2.51. The standard InChI is InChI=1S/C20H15ClN2O4S/c1-2-9-23-18(25)17(10-12-5-3-4-6-15(12)21)28-20(23)22-16-8-7-13(24)11-14(16)19(26)27/h2-8,10-11,24H,1,9H2,(H,26,27)/b17-10-,22-20?. The van der Waals surface area contributed by atoms with E-state index in [1.807, 2.05) is 6.07 Å². The van der Waals surface area contributed by atoms with Crippen molar-refractivity contribution in [2.75, 3.05) is 6.54 Å². The van der Waals surface area contributed by atoms with E-state index in [4.69, 9.17) is 11.6 Å². The SMILES string of the molecule is C=CCN1C(=O)/C(=C/c2ccccc2Cl)SC1=Nc1ccc(O)cc1C(=O)O. The summed E-state index contributed by atoms with van der Waals surface area (Å²) < 4.78 is 0. The summed E-state index contributed by atoms with van der Waals surface area (Å²) in [6.07, 6.45) is 3.23. The van der Waals surface area contributed by atoms with Gasteiger partial charge in [-0.2, -0.15) is 0 Å². The maximum atomic E-state index is 12.8. The Labute approximate surface area is 170 Å². The first kappa shape index (κ1) is 19.7. The molecule has 28 heavy (non-hydrogen) atoms. The lowest BCUT2D eigenvalue weighted by molar-refractivity contribution is -0.121. The number of amides is 1. The topological polar surface area (TPSA) is 90.2 Å². The molecule has 0 radical (unpaired) electrons. The number of aliphatic imine (C=N–C) groups is 1. The molecule has 0 spiro atoms. The van der Waals surface area contributed by atoms with Gasteiger partial charge in [-0.05, 0) is 47.7 Å². The summed E-state index contributed by atoms with van der Waals surface area (Å²) in [7, 11) is 0. The number of carbonyl (C=O) groups excluding carboxylic acids is 1. The van der Waals surface area contributed by atoms with E-state index in [9.17, 15) is 19.8 Å². The average molecular weight is 415 g/mol. The van der Waals surface area contributed by atoms with Gasteiger partial charge in [-0.15, -0.1) is 6.58 Å². The van der Waals surface area contributed by atoms with Crippen molar-refractivity contribution in [3.63, 3.8) is 0 Å². The number of aromatic carboxylic acids is 1. The predicted molar refractivity (Wildman–Crippen MR) is 111 cm³/mol. The van der Waals surface area contributed by atoms with Crippen LogP contribution in [-0.2, 0) is 4.79 Å². The number of benzene rings is 2. The van der Waals surface area contributed by atoms with E-state index in [-0.39, 0.29) is 29.5 Å². The van der Waals surface area contributed by atoms with Crippen molar-refractivity contribution in [2.24, 2.45) is 4.99 Å². The number of hydrogen-bond acceptors (Lipinski definition) is 5. The lowest BCUT2D eigenvalue weighted by atomic mass is 10.2. The van der Waals surface area contributed by atoms with Gasteiger partial charge in [-0.1, -0.05) is 35.9 Å². The van der Waals surface area contributed by atoms with Crippen LogP contribution in [0.1, 0.15) is 15.9 Å². The van der Waals surface area contributed by atoms with Crippen molar-refractivity contribution in [3.05, 3.63) is 76.2 Å². The molecule has 1 aliphatic rings. The van der Waals surface area contributed by atoms with Gasteiger partial charge in [-0.25, -0.2) is 9.79 Å². The molecule has 0 aliphatic carbocycles. The highest BCUT2D eigenvalue weighted by Crippen LogP contribution is 2.36. The van der Waals surface area contributed by atoms with E-state index in [0.29, 0.717) is 20.7 Å². The van der Waals surface area contributed by atoms with Crippen LogP contribution in [0.3, 0.4) is 0 Å². The Hall–Kier alpha value is -3.03. The molecular formula is C20H15ClN2O4S. The summed E-state index contributed by atoms with van der Waals surface area (Å²) >= 11 is 7.29. The zero-order chi connectivity index (χ0) is 20.3. The molecule has 2 N–H and O–H groups in total. The Morgan fingerprint density at radius 2 is 2.04 bits per heavy atom. The van der Waals surface area contributed by atoms with Crippen LogP contribution >= 0.6 is 23.4 Å². The number of carboxylic acid groups (broad SMARTS) is 1. The van der Waals surface area contributed by atoms with E-state index < -0.39 is 5.97 Å². The first-order valence-electron chi connectivity index (χ1n) is 8.12. The number of rotatable bonds is 5. The monoisotopic (exact) mass is 414 g/mol. The Kier molecular flexibility index (Phi) is 5.87. The fourth-order valence-corrected chi connectivity index (χ4v) is 3.69. The minimum Gasteiger partial charge on any atom is -0.508 e. The van der Waals surface area contributed by atoms with Crippen molar-refractivity contribution in [2.45, 2.75) is 0 Å². The molecule has 142 valence electrons. The van der Waals surface area contributed by atoms with Crippen LogP contribution in [0, 0.1) is 0 Å². The van der Waals surface area contributed by atoms with Crippen LogP contribution in [0.5, 0.6) is 5.75 Å². The zero-order valence-corrected chi connectivity index (χ0v) is 16.1. The van der Waals surface area contributed by atoms with Gasteiger partial charge in [-0.3, -0.25) is 9.69 Å². The Morgan fingerprint density at radius 1 is 1.29 bits per heavy atom.